The molecule has 1 aromatic heterocycles. The Bertz CT molecular complexity index is 392. The smallest absolute Gasteiger partial charge is 0.0635 e. The molecule has 4 nitrogen and oxygen atoms in total. The predicted octanol–water partition coefficient (Wildman–Crippen LogP) is 2.61. The zero-order chi connectivity index (χ0) is 14.1. The largest absolute Gasteiger partial charge is 0.375 e. The van der Waals surface area contributed by atoms with E-state index in [4.69, 9.17) is 10.00 Å². The van der Waals surface area contributed by atoms with Crippen LogP contribution < -0.4 is 0 Å². The van der Waals surface area contributed by atoms with Crippen LogP contribution in [0.3, 0.4) is 0 Å². The van der Waals surface area contributed by atoms with Crippen molar-refractivity contribution in [3.63, 3.8) is 0 Å². The van der Waals surface area contributed by atoms with Crippen molar-refractivity contribution in [1.29, 1.82) is 5.26 Å². The van der Waals surface area contributed by atoms with Crippen LogP contribution in [0.15, 0.2) is 24.5 Å². The molecule has 1 rings (SSSR count). The fraction of sp³-hybridized carbons (Fsp3) is 0.600. The summed E-state index contributed by atoms with van der Waals surface area (Å²) in [6.07, 6.45) is 4.17. The summed E-state index contributed by atoms with van der Waals surface area (Å²) in [7, 11) is 0. The van der Waals surface area contributed by atoms with Crippen molar-refractivity contribution in [2.24, 2.45) is 0 Å². The monoisotopic (exact) mass is 261 g/mol. The van der Waals surface area contributed by atoms with Crippen LogP contribution in [0.5, 0.6) is 0 Å². The van der Waals surface area contributed by atoms with Crippen molar-refractivity contribution in [1.82, 2.24) is 9.88 Å². The number of hydrogen-bond donors (Lipinski definition) is 0. The van der Waals surface area contributed by atoms with Crippen LogP contribution in [-0.4, -0.2) is 35.2 Å². The zero-order valence-corrected chi connectivity index (χ0v) is 12.1. The first-order valence-corrected chi connectivity index (χ1v) is 6.63. The molecular formula is C15H23N3O. The highest BCUT2D eigenvalue weighted by Crippen LogP contribution is 2.08. The molecule has 0 amide bonds. The number of nitrogens with zero attached hydrogens (tertiary/aromatic N) is 3. The molecule has 0 saturated heterocycles. The fourth-order valence-corrected chi connectivity index (χ4v) is 1.71. The maximum absolute atomic E-state index is 8.72. The first-order valence-electron chi connectivity index (χ1n) is 6.63. The highest BCUT2D eigenvalue weighted by Gasteiger charge is 2.11. The minimum Gasteiger partial charge on any atom is -0.375 e. The van der Waals surface area contributed by atoms with E-state index in [2.05, 4.69) is 22.0 Å². The highest BCUT2D eigenvalue weighted by atomic mass is 16.5. The Morgan fingerprint density at radius 3 is 2.74 bits per heavy atom. The summed E-state index contributed by atoms with van der Waals surface area (Å²) in [6, 6.07) is 6.18. The maximum Gasteiger partial charge on any atom is 0.0635 e. The van der Waals surface area contributed by atoms with E-state index in [0.29, 0.717) is 13.0 Å². The molecule has 0 radical (unpaired) electrons. The van der Waals surface area contributed by atoms with Gasteiger partial charge in [-0.25, -0.2) is 0 Å². The van der Waals surface area contributed by atoms with Crippen LogP contribution >= 0.6 is 0 Å². The van der Waals surface area contributed by atoms with Gasteiger partial charge in [0.15, 0.2) is 0 Å². The lowest BCUT2D eigenvalue weighted by molar-refractivity contribution is -0.0137. The quantitative estimate of drug-likeness (QED) is 0.757. The van der Waals surface area contributed by atoms with Crippen LogP contribution in [0.2, 0.25) is 0 Å². The van der Waals surface area contributed by atoms with Crippen molar-refractivity contribution >= 4 is 0 Å². The van der Waals surface area contributed by atoms with E-state index in [1.54, 1.807) is 6.20 Å². The Hall–Kier alpha value is -1.44. The van der Waals surface area contributed by atoms with Gasteiger partial charge in [0.1, 0.15) is 0 Å². The van der Waals surface area contributed by atoms with Gasteiger partial charge in [0.05, 0.1) is 18.3 Å². The van der Waals surface area contributed by atoms with E-state index in [1.165, 1.54) is 0 Å². The molecule has 0 atom stereocenters. The lowest BCUT2D eigenvalue weighted by atomic mass is 10.2. The lowest BCUT2D eigenvalue weighted by Gasteiger charge is -2.25. The van der Waals surface area contributed by atoms with Crippen molar-refractivity contribution in [2.75, 3.05) is 19.7 Å². The average Bonchev–Trinajstić information content (AvgIpc) is 2.35. The van der Waals surface area contributed by atoms with Gasteiger partial charge >= 0.3 is 0 Å². The van der Waals surface area contributed by atoms with Gasteiger partial charge in [-0.1, -0.05) is 6.07 Å². The number of nitriles is 1. The van der Waals surface area contributed by atoms with E-state index in [0.717, 1.165) is 25.2 Å². The molecule has 0 aliphatic rings. The van der Waals surface area contributed by atoms with Crippen LogP contribution in [0.4, 0.5) is 0 Å². The SMILES string of the molecule is CC(C)(C)OCCN(CCC#N)Cc1cccnc1. The molecule has 0 aromatic carbocycles. The highest BCUT2D eigenvalue weighted by molar-refractivity contribution is 5.08. The van der Waals surface area contributed by atoms with Gasteiger partial charge in [0.2, 0.25) is 0 Å². The predicted molar refractivity (Wildman–Crippen MR) is 75.4 cm³/mol. The van der Waals surface area contributed by atoms with E-state index in [-0.39, 0.29) is 5.60 Å². The van der Waals surface area contributed by atoms with Gasteiger partial charge in [-0.3, -0.25) is 9.88 Å². The average molecular weight is 261 g/mol. The summed E-state index contributed by atoms with van der Waals surface area (Å²) in [5, 5.41) is 8.72. The molecule has 0 N–H and O–H groups in total. The number of aromatic nitrogens is 1. The molecule has 4 heteroatoms. The first kappa shape index (κ1) is 15.6. The van der Waals surface area contributed by atoms with Crippen LogP contribution in [-0.2, 0) is 11.3 Å². The Morgan fingerprint density at radius 2 is 2.16 bits per heavy atom. The topological polar surface area (TPSA) is 49.1 Å². The van der Waals surface area contributed by atoms with E-state index in [1.807, 2.05) is 33.0 Å². The number of hydrogen-bond acceptors (Lipinski definition) is 4. The maximum atomic E-state index is 8.72. The number of rotatable bonds is 7. The van der Waals surface area contributed by atoms with Gasteiger partial charge in [-0.2, -0.15) is 5.26 Å². The molecular weight excluding hydrogens is 238 g/mol. The van der Waals surface area contributed by atoms with Crippen molar-refractivity contribution in [2.45, 2.75) is 39.3 Å². The van der Waals surface area contributed by atoms with Gasteiger partial charge in [0.25, 0.3) is 0 Å². The molecule has 0 aliphatic heterocycles. The molecule has 0 bridgehead atoms. The molecule has 0 fully saturated rings. The lowest BCUT2D eigenvalue weighted by Crippen LogP contribution is -2.31. The molecule has 104 valence electrons. The Morgan fingerprint density at radius 1 is 1.37 bits per heavy atom. The summed E-state index contributed by atoms with van der Waals surface area (Å²) in [6.45, 7) is 9.22. The van der Waals surface area contributed by atoms with Gasteiger partial charge < -0.3 is 4.74 Å². The second kappa shape index (κ2) is 7.88. The van der Waals surface area contributed by atoms with Gasteiger partial charge in [-0.15, -0.1) is 0 Å². The molecule has 0 spiro atoms. The fourth-order valence-electron chi connectivity index (χ4n) is 1.71. The summed E-state index contributed by atoms with van der Waals surface area (Å²) in [5.41, 5.74) is 1.05. The second-order valence-electron chi connectivity index (χ2n) is 5.51. The van der Waals surface area contributed by atoms with Crippen LogP contribution in [0.25, 0.3) is 0 Å². The van der Waals surface area contributed by atoms with Gasteiger partial charge in [-0.05, 0) is 32.4 Å². The number of pyridine rings is 1. The summed E-state index contributed by atoms with van der Waals surface area (Å²) in [4.78, 5) is 6.34. The van der Waals surface area contributed by atoms with Crippen LogP contribution in [0.1, 0.15) is 32.8 Å². The van der Waals surface area contributed by atoms with Gasteiger partial charge in [0, 0.05) is 38.4 Å². The molecule has 0 aliphatic carbocycles. The normalized spacial score (nSPS) is 11.5. The second-order valence-corrected chi connectivity index (χ2v) is 5.51. The van der Waals surface area contributed by atoms with Crippen molar-refractivity contribution in [3.05, 3.63) is 30.1 Å². The Labute approximate surface area is 116 Å². The number of ether oxygens (including phenoxy) is 1. The molecule has 1 aromatic rings. The summed E-state index contributed by atoms with van der Waals surface area (Å²) >= 11 is 0. The Balaban J connectivity index is 2.45. The third-order valence-corrected chi connectivity index (χ3v) is 2.61. The third-order valence-electron chi connectivity index (χ3n) is 2.61. The molecule has 0 unspecified atom stereocenters. The van der Waals surface area contributed by atoms with E-state index < -0.39 is 0 Å². The Kier molecular flexibility index (Phi) is 6.48. The summed E-state index contributed by atoms with van der Waals surface area (Å²) in [5.74, 6) is 0. The van der Waals surface area contributed by atoms with E-state index in [9.17, 15) is 0 Å². The summed E-state index contributed by atoms with van der Waals surface area (Å²) < 4.78 is 5.74. The third kappa shape index (κ3) is 7.55. The molecule has 1 heterocycles. The molecule has 0 saturated carbocycles. The van der Waals surface area contributed by atoms with Crippen molar-refractivity contribution in [3.8, 4) is 6.07 Å². The molecule has 19 heavy (non-hydrogen) atoms. The van der Waals surface area contributed by atoms with E-state index >= 15 is 0 Å². The minimum absolute atomic E-state index is 0.116. The van der Waals surface area contributed by atoms with Crippen molar-refractivity contribution < 1.29 is 4.74 Å². The van der Waals surface area contributed by atoms with Crippen LogP contribution in [0, 0.1) is 11.3 Å². The zero-order valence-electron chi connectivity index (χ0n) is 12.1. The standard InChI is InChI=1S/C15H23N3O/c1-15(2,3)19-11-10-18(9-5-7-16)13-14-6-4-8-17-12-14/h4,6,8,12H,5,9-11,13H2,1-3H3. The first-order chi connectivity index (χ1) is 9.01. The minimum atomic E-state index is -0.116.